The van der Waals surface area contributed by atoms with E-state index >= 15 is 0 Å². The van der Waals surface area contributed by atoms with E-state index < -0.39 is 11.6 Å². The van der Waals surface area contributed by atoms with Gasteiger partial charge in [-0.2, -0.15) is 0 Å². The Balaban J connectivity index is 1.36. The lowest BCUT2D eigenvalue weighted by atomic mass is 9.96. The minimum Gasteiger partial charge on any atom is -0.495 e. The van der Waals surface area contributed by atoms with Gasteiger partial charge in [-0.25, -0.2) is 4.79 Å². The number of imide groups is 1. The number of piperazine rings is 1. The molecule has 1 aromatic carbocycles. The average Bonchev–Trinajstić information content (AvgIpc) is 3.54. The van der Waals surface area contributed by atoms with Crippen LogP contribution in [0.5, 0.6) is 5.75 Å². The molecule has 4 rings (SSSR count). The zero-order valence-electron chi connectivity index (χ0n) is 16.3. The van der Waals surface area contributed by atoms with Gasteiger partial charge in [0.1, 0.15) is 17.8 Å². The number of hydrogen-bond acceptors (Lipinski definition) is 5. The molecule has 8 nitrogen and oxygen atoms in total. The topological polar surface area (TPSA) is 82.2 Å². The second-order valence-corrected chi connectivity index (χ2v) is 7.84. The number of urea groups is 1. The summed E-state index contributed by atoms with van der Waals surface area (Å²) in [5.74, 6) is 0.527. The monoisotopic (exact) mass is 386 g/mol. The summed E-state index contributed by atoms with van der Waals surface area (Å²) in [5.41, 5.74) is 0.159. The summed E-state index contributed by atoms with van der Waals surface area (Å²) >= 11 is 0. The first-order valence-electron chi connectivity index (χ1n) is 9.74. The van der Waals surface area contributed by atoms with Crippen LogP contribution in [0.1, 0.15) is 19.8 Å². The third kappa shape index (κ3) is 3.16. The summed E-state index contributed by atoms with van der Waals surface area (Å²) < 4.78 is 5.42. The fourth-order valence-corrected chi connectivity index (χ4v) is 4.12. The van der Waals surface area contributed by atoms with E-state index in [0.717, 1.165) is 29.2 Å². The van der Waals surface area contributed by atoms with Crippen LogP contribution in [0.15, 0.2) is 24.3 Å². The molecule has 3 fully saturated rings. The Morgan fingerprint density at radius 2 is 1.86 bits per heavy atom. The maximum Gasteiger partial charge on any atom is 0.325 e. The molecule has 1 saturated carbocycles. The number of para-hydroxylation sites is 2. The van der Waals surface area contributed by atoms with Crippen LogP contribution in [0, 0.1) is 5.92 Å². The lowest BCUT2D eigenvalue weighted by Gasteiger charge is -2.37. The van der Waals surface area contributed by atoms with E-state index in [9.17, 15) is 14.4 Å². The summed E-state index contributed by atoms with van der Waals surface area (Å²) in [6, 6.07) is 7.35. The first kappa shape index (κ1) is 18.6. The third-order valence-corrected chi connectivity index (χ3v) is 6.05. The predicted molar refractivity (Wildman–Crippen MR) is 103 cm³/mol. The summed E-state index contributed by atoms with van der Waals surface area (Å²) in [7, 11) is 1.64. The second-order valence-electron chi connectivity index (χ2n) is 7.84. The van der Waals surface area contributed by atoms with Gasteiger partial charge in [0.25, 0.3) is 5.91 Å². The zero-order valence-corrected chi connectivity index (χ0v) is 16.3. The molecule has 1 aromatic rings. The van der Waals surface area contributed by atoms with E-state index in [1.807, 2.05) is 24.3 Å². The number of ether oxygens (including phenoxy) is 1. The first-order chi connectivity index (χ1) is 13.4. The normalized spacial score (nSPS) is 25.1. The number of amides is 4. The Hall–Kier alpha value is -2.77. The van der Waals surface area contributed by atoms with E-state index in [1.165, 1.54) is 0 Å². The smallest absolute Gasteiger partial charge is 0.325 e. The molecule has 0 unspecified atom stereocenters. The van der Waals surface area contributed by atoms with Gasteiger partial charge >= 0.3 is 6.03 Å². The van der Waals surface area contributed by atoms with Crippen molar-refractivity contribution in [1.82, 2.24) is 15.1 Å². The van der Waals surface area contributed by atoms with Gasteiger partial charge < -0.3 is 19.9 Å². The van der Waals surface area contributed by atoms with Gasteiger partial charge in [0, 0.05) is 26.2 Å². The molecule has 0 radical (unpaired) electrons. The van der Waals surface area contributed by atoms with Crippen LogP contribution in [-0.4, -0.2) is 73.0 Å². The molecule has 8 heteroatoms. The number of benzene rings is 1. The van der Waals surface area contributed by atoms with Crippen molar-refractivity contribution in [3.05, 3.63) is 24.3 Å². The van der Waals surface area contributed by atoms with Crippen LogP contribution in [0.2, 0.25) is 0 Å². The molecular formula is C20H26N4O4. The molecule has 4 amide bonds. The zero-order chi connectivity index (χ0) is 19.9. The molecule has 2 saturated heterocycles. The van der Waals surface area contributed by atoms with Crippen molar-refractivity contribution in [1.29, 1.82) is 0 Å². The van der Waals surface area contributed by atoms with Crippen LogP contribution < -0.4 is 15.0 Å². The van der Waals surface area contributed by atoms with Crippen molar-refractivity contribution in [2.45, 2.75) is 25.3 Å². The number of anilines is 1. The highest BCUT2D eigenvalue weighted by atomic mass is 16.5. The molecule has 3 aliphatic rings. The fraction of sp³-hybridized carbons (Fsp3) is 0.550. The van der Waals surface area contributed by atoms with Crippen molar-refractivity contribution in [3.63, 3.8) is 0 Å². The highest BCUT2D eigenvalue weighted by Crippen LogP contribution is 2.42. The van der Waals surface area contributed by atoms with Crippen molar-refractivity contribution >= 4 is 23.5 Å². The first-order valence-corrected chi connectivity index (χ1v) is 9.74. The molecule has 0 aromatic heterocycles. The van der Waals surface area contributed by atoms with Gasteiger partial charge in [-0.3, -0.25) is 14.5 Å². The van der Waals surface area contributed by atoms with Crippen LogP contribution >= 0.6 is 0 Å². The Kier molecular flexibility index (Phi) is 4.64. The lowest BCUT2D eigenvalue weighted by Crippen LogP contribution is -2.52. The van der Waals surface area contributed by atoms with Gasteiger partial charge in [0.2, 0.25) is 5.91 Å². The number of nitrogens with one attached hydrogen (secondary N) is 1. The maximum atomic E-state index is 12.7. The molecule has 1 aliphatic carbocycles. The van der Waals surface area contributed by atoms with Gasteiger partial charge in [0.15, 0.2) is 0 Å². The van der Waals surface area contributed by atoms with Crippen molar-refractivity contribution in [2.75, 3.05) is 44.7 Å². The summed E-state index contributed by atoms with van der Waals surface area (Å²) in [6.07, 6.45) is 1.88. The van der Waals surface area contributed by atoms with Crippen LogP contribution in [0.3, 0.4) is 0 Å². The van der Waals surface area contributed by atoms with Crippen LogP contribution in [0.4, 0.5) is 10.5 Å². The van der Waals surface area contributed by atoms with Crippen molar-refractivity contribution in [2.24, 2.45) is 5.92 Å². The Morgan fingerprint density at radius 3 is 2.50 bits per heavy atom. The van der Waals surface area contributed by atoms with E-state index in [1.54, 1.807) is 18.9 Å². The number of hydrogen-bond donors (Lipinski definition) is 1. The molecule has 0 bridgehead atoms. The standard InChI is InChI=1S/C20H26N4O4/c1-20(14-7-8-14)18(26)24(19(27)21-20)13-17(25)23-11-9-22(10-12-23)15-5-3-4-6-16(15)28-2/h3-6,14H,7-13H2,1-2H3,(H,21,27)/t20-/m1/s1. The van der Waals surface area contributed by atoms with Gasteiger partial charge in [-0.05, 0) is 37.8 Å². The summed E-state index contributed by atoms with van der Waals surface area (Å²) in [6.45, 7) is 4.00. The number of carbonyl (C=O) groups excluding carboxylic acids is 3. The van der Waals surface area contributed by atoms with Gasteiger partial charge in [-0.1, -0.05) is 12.1 Å². The lowest BCUT2D eigenvalue weighted by molar-refractivity contribution is -0.139. The van der Waals surface area contributed by atoms with E-state index in [0.29, 0.717) is 26.2 Å². The highest BCUT2D eigenvalue weighted by molar-refractivity contribution is 6.09. The molecular weight excluding hydrogens is 360 g/mol. The largest absolute Gasteiger partial charge is 0.495 e. The van der Waals surface area contributed by atoms with E-state index in [-0.39, 0.29) is 24.3 Å². The summed E-state index contributed by atoms with van der Waals surface area (Å²) in [5, 5.41) is 2.79. The highest BCUT2D eigenvalue weighted by Gasteiger charge is 2.56. The third-order valence-electron chi connectivity index (χ3n) is 6.05. The SMILES string of the molecule is COc1ccccc1N1CCN(C(=O)CN2C(=O)N[C@](C)(C3CC3)C2=O)CC1. The Bertz CT molecular complexity index is 801. The van der Waals surface area contributed by atoms with Crippen molar-refractivity contribution < 1.29 is 19.1 Å². The fourth-order valence-electron chi connectivity index (χ4n) is 4.12. The number of carbonyl (C=O) groups is 3. The number of nitrogens with zero attached hydrogens (tertiary/aromatic N) is 3. The summed E-state index contributed by atoms with van der Waals surface area (Å²) in [4.78, 5) is 42.7. The molecule has 1 atom stereocenters. The second kappa shape index (κ2) is 7.00. The minimum atomic E-state index is -0.847. The van der Waals surface area contributed by atoms with Gasteiger partial charge in [-0.15, -0.1) is 0 Å². The van der Waals surface area contributed by atoms with E-state index in [2.05, 4.69) is 10.2 Å². The van der Waals surface area contributed by atoms with Crippen LogP contribution in [0.25, 0.3) is 0 Å². The van der Waals surface area contributed by atoms with Crippen molar-refractivity contribution in [3.8, 4) is 5.75 Å². The number of rotatable bonds is 5. The minimum absolute atomic E-state index is 0.188. The molecule has 150 valence electrons. The molecule has 2 aliphatic heterocycles. The Morgan fingerprint density at radius 1 is 1.18 bits per heavy atom. The Labute approximate surface area is 164 Å². The quantitative estimate of drug-likeness (QED) is 0.766. The average molecular weight is 386 g/mol. The molecule has 2 heterocycles. The maximum absolute atomic E-state index is 12.7. The molecule has 28 heavy (non-hydrogen) atoms. The number of methoxy groups -OCH3 is 1. The van der Waals surface area contributed by atoms with E-state index in [4.69, 9.17) is 4.74 Å². The molecule has 1 N–H and O–H groups in total. The van der Waals surface area contributed by atoms with Crippen LogP contribution in [-0.2, 0) is 9.59 Å². The van der Waals surface area contributed by atoms with Gasteiger partial charge in [0.05, 0.1) is 12.8 Å². The predicted octanol–water partition coefficient (Wildman–Crippen LogP) is 1.06. The molecule has 0 spiro atoms.